The van der Waals surface area contributed by atoms with Crippen LogP contribution in [0.15, 0.2) is 6.33 Å². The van der Waals surface area contributed by atoms with Crippen LogP contribution in [0.2, 0.25) is 0 Å². The van der Waals surface area contributed by atoms with E-state index < -0.39 is 0 Å². The molecule has 1 amide bonds. The fraction of sp³-hybridized carbons (Fsp3) is 0.667. The van der Waals surface area contributed by atoms with Gasteiger partial charge in [-0.3, -0.25) is 9.89 Å². The van der Waals surface area contributed by atoms with Crippen molar-refractivity contribution in [1.29, 1.82) is 0 Å². The third kappa shape index (κ3) is 1.85. The first-order valence-electron chi connectivity index (χ1n) is 5.09. The van der Waals surface area contributed by atoms with Crippen molar-refractivity contribution in [3.63, 3.8) is 0 Å². The number of carbonyl (C=O) groups excluding carboxylic acids is 1. The van der Waals surface area contributed by atoms with Crippen LogP contribution in [0.1, 0.15) is 25.1 Å². The molecule has 1 aliphatic rings. The van der Waals surface area contributed by atoms with Gasteiger partial charge in [0.05, 0.1) is 12.0 Å². The Hall–Kier alpha value is -1.43. The van der Waals surface area contributed by atoms with Gasteiger partial charge in [0.25, 0.3) is 0 Å². The van der Waals surface area contributed by atoms with Crippen molar-refractivity contribution in [3.05, 3.63) is 12.2 Å². The first-order chi connectivity index (χ1) is 7.27. The van der Waals surface area contributed by atoms with E-state index in [1.807, 2.05) is 0 Å². The van der Waals surface area contributed by atoms with E-state index >= 15 is 0 Å². The van der Waals surface area contributed by atoms with Crippen molar-refractivity contribution in [3.8, 4) is 0 Å². The summed E-state index contributed by atoms with van der Waals surface area (Å²) in [6, 6.07) is 0. The van der Waals surface area contributed by atoms with Gasteiger partial charge in [-0.15, -0.1) is 0 Å². The molecule has 1 aliphatic carbocycles. The monoisotopic (exact) mass is 209 g/mol. The number of carbonyl (C=O) groups is 1. The zero-order chi connectivity index (χ0) is 10.7. The predicted molar refractivity (Wildman–Crippen MR) is 53.6 cm³/mol. The molecule has 15 heavy (non-hydrogen) atoms. The Kier molecular flexibility index (Phi) is 2.68. The topological polar surface area (TPSA) is 96.7 Å². The van der Waals surface area contributed by atoms with E-state index in [0.29, 0.717) is 18.9 Å². The first kappa shape index (κ1) is 10.1. The highest BCUT2D eigenvalue weighted by molar-refractivity contribution is 5.83. The van der Waals surface area contributed by atoms with Crippen molar-refractivity contribution >= 4 is 5.91 Å². The molecule has 6 nitrogen and oxygen atoms in total. The van der Waals surface area contributed by atoms with Crippen molar-refractivity contribution in [1.82, 2.24) is 20.5 Å². The summed E-state index contributed by atoms with van der Waals surface area (Å²) in [6.45, 7) is 0.815. The molecule has 0 aliphatic heterocycles. The summed E-state index contributed by atoms with van der Waals surface area (Å²) >= 11 is 0. The molecule has 0 unspecified atom stereocenters. The molecule has 0 spiro atoms. The largest absolute Gasteiger partial charge is 0.348 e. The van der Waals surface area contributed by atoms with Gasteiger partial charge in [-0.05, 0) is 12.8 Å². The van der Waals surface area contributed by atoms with Gasteiger partial charge in [0.15, 0.2) is 0 Å². The number of hydrogen-bond donors (Lipinski definition) is 3. The summed E-state index contributed by atoms with van der Waals surface area (Å²) in [5, 5.41) is 9.22. The lowest BCUT2D eigenvalue weighted by molar-refractivity contribution is -0.135. The SMILES string of the molecule is NCC1(C(=O)NCc2ncn[nH]2)CCC1. The van der Waals surface area contributed by atoms with Crippen LogP contribution < -0.4 is 11.1 Å². The summed E-state index contributed by atoms with van der Waals surface area (Å²) in [4.78, 5) is 15.7. The van der Waals surface area contributed by atoms with E-state index in [4.69, 9.17) is 5.73 Å². The van der Waals surface area contributed by atoms with E-state index in [1.54, 1.807) is 0 Å². The predicted octanol–water partition coefficient (Wildman–Crippen LogP) is -0.450. The second kappa shape index (κ2) is 3.98. The lowest BCUT2D eigenvalue weighted by Crippen LogP contribution is -2.50. The van der Waals surface area contributed by atoms with Crippen LogP contribution in [0, 0.1) is 5.41 Å². The molecule has 2 rings (SSSR count). The number of nitrogens with one attached hydrogen (secondary N) is 2. The van der Waals surface area contributed by atoms with Crippen molar-refractivity contribution < 1.29 is 4.79 Å². The Morgan fingerprint density at radius 1 is 1.67 bits per heavy atom. The average Bonchev–Trinajstić information content (AvgIpc) is 2.66. The highest BCUT2D eigenvalue weighted by Gasteiger charge is 2.42. The second-order valence-electron chi connectivity index (χ2n) is 3.95. The number of nitrogens with zero attached hydrogens (tertiary/aromatic N) is 2. The van der Waals surface area contributed by atoms with Gasteiger partial charge in [0.1, 0.15) is 12.2 Å². The fourth-order valence-corrected chi connectivity index (χ4v) is 1.79. The summed E-state index contributed by atoms with van der Waals surface area (Å²) in [7, 11) is 0. The number of nitrogens with two attached hydrogens (primary N) is 1. The van der Waals surface area contributed by atoms with Crippen molar-refractivity contribution in [2.24, 2.45) is 11.1 Å². The van der Waals surface area contributed by atoms with E-state index in [0.717, 1.165) is 19.3 Å². The zero-order valence-corrected chi connectivity index (χ0v) is 8.49. The normalized spacial score (nSPS) is 18.2. The van der Waals surface area contributed by atoms with E-state index in [1.165, 1.54) is 6.33 Å². The minimum absolute atomic E-state index is 0.0349. The van der Waals surface area contributed by atoms with Crippen molar-refractivity contribution in [2.75, 3.05) is 6.54 Å². The van der Waals surface area contributed by atoms with Gasteiger partial charge in [-0.2, -0.15) is 5.10 Å². The smallest absolute Gasteiger partial charge is 0.227 e. The van der Waals surface area contributed by atoms with Crippen LogP contribution in [-0.4, -0.2) is 27.6 Å². The number of hydrogen-bond acceptors (Lipinski definition) is 4. The lowest BCUT2D eigenvalue weighted by atomic mass is 9.68. The quantitative estimate of drug-likeness (QED) is 0.625. The Morgan fingerprint density at radius 3 is 2.93 bits per heavy atom. The van der Waals surface area contributed by atoms with E-state index in [2.05, 4.69) is 20.5 Å². The Labute approximate surface area is 87.6 Å². The number of amides is 1. The molecule has 0 bridgehead atoms. The molecular formula is C9H15N5O. The minimum Gasteiger partial charge on any atom is -0.348 e. The molecule has 1 heterocycles. The molecule has 6 heteroatoms. The van der Waals surface area contributed by atoms with Crippen LogP contribution in [0.3, 0.4) is 0 Å². The maximum absolute atomic E-state index is 11.8. The number of aromatic amines is 1. The molecule has 1 aromatic heterocycles. The molecule has 0 radical (unpaired) electrons. The van der Waals surface area contributed by atoms with Gasteiger partial charge in [0.2, 0.25) is 5.91 Å². The maximum atomic E-state index is 11.8. The standard InChI is InChI=1S/C9H15N5O/c10-5-9(2-1-3-9)8(15)11-4-7-12-6-13-14-7/h6H,1-5,10H2,(H,11,15)(H,12,13,14). The highest BCUT2D eigenvalue weighted by Crippen LogP contribution is 2.39. The molecule has 1 saturated carbocycles. The van der Waals surface area contributed by atoms with E-state index in [-0.39, 0.29) is 11.3 Å². The van der Waals surface area contributed by atoms with Crippen LogP contribution in [-0.2, 0) is 11.3 Å². The van der Waals surface area contributed by atoms with Gasteiger partial charge >= 0.3 is 0 Å². The molecule has 82 valence electrons. The Morgan fingerprint density at radius 2 is 2.47 bits per heavy atom. The zero-order valence-electron chi connectivity index (χ0n) is 8.49. The van der Waals surface area contributed by atoms with Gasteiger partial charge in [0, 0.05) is 6.54 Å². The molecule has 1 aromatic rings. The van der Waals surface area contributed by atoms with E-state index in [9.17, 15) is 4.79 Å². The highest BCUT2D eigenvalue weighted by atomic mass is 16.2. The summed E-state index contributed by atoms with van der Waals surface area (Å²) < 4.78 is 0. The van der Waals surface area contributed by atoms with Gasteiger partial charge in [-0.25, -0.2) is 4.98 Å². The van der Waals surface area contributed by atoms with Crippen LogP contribution in [0.25, 0.3) is 0 Å². The lowest BCUT2D eigenvalue weighted by Gasteiger charge is -2.38. The van der Waals surface area contributed by atoms with Crippen LogP contribution in [0.4, 0.5) is 0 Å². The molecule has 4 N–H and O–H groups in total. The second-order valence-corrected chi connectivity index (χ2v) is 3.95. The van der Waals surface area contributed by atoms with Gasteiger partial charge < -0.3 is 11.1 Å². The molecule has 1 fully saturated rings. The molecular weight excluding hydrogens is 194 g/mol. The maximum Gasteiger partial charge on any atom is 0.227 e. The van der Waals surface area contributed by atoms with Crippen molar-refractivity contribution in [2.45, 2.75) is 25.8 Å². The number of H-pyrrole nitrogens is 1. The molecule has 0 aromatic carbocycles. The number of rotatable bonds is 4. The summed E-state index contributed by atoms with van der Waals surface area (Å²) in [6.07, 6.45) is 4.30. The van der Waals surface area contributed by atoms with Gasteiger partial charge in [-0.1, -0.05) is 6.42 Å². The fourth-order valence-electron chi connectivity index (χ4n) is 1.79. The minimum atomic E-state index is -0.319. The first-order valence-corrected chi connectivity index (χ1v) is 5.09. The molecule has 0 atom stereocenters. The summed E-state index contributed by atoms with van der Waals surface area (Å²) in [5.74, 6) is 0.697. The Bertz CT molecular complexity index is 325. The summed E-state index contributed by atoms with van der Waals surface area (Å²) in [5.41, 5.74) is 5.30. The average molecular weight is 209 g/mol. The third-order valence-corrected chi connectivity index (χ3v) is 3.06. The Balaban J connectivity index is 1.87. The molecule has 0 saturated heterocycles. The third-order valence-electron chi connectivity index (χ3n) is 3.06. The number of aromatic nitrogens is 3. The van der Waals surface area contributed by atoms with Crippen LogP contribution >= 0.6 is 0 Å². The van der Waals surface area contributed by atoms with Crippen LogP contribution in [0.5, 0.6) is 0 Å².